The molecule has 0 fully saturated rings. The van der Waals surface area contributed by atoms with Crippen LogP contribution in [0.3, 0.4) is 0 Å². The van der Waals surface area contributed by atoms with Gasteiger partial charge in [-0.3, -0.25) is 4.79 Å². The summed E-state index contributed by atoms with van der Waals surface area (Å²) in [6.45, 7) is 0.302. The summed E-state index contributed by atoms with van der Waals surface area (Å²) in [6.07, 6.45) is 0.203. The van der Waals surface area contributed by atoms with Gasteiger partial charge < -0.3 is 15.8 Å². The number of carbonyl (C=O) groups is 1. The lowest BCUT2D eigenvalue weighted by molar-refractivity contribution is -0.123. The molecule has 0 heterocycles. The van der Waals surface area contributed by atoms with Gasteiger partial charge in [0.15, 0.2) is 0 Å². The van der Waals surface area contributed by atoms with E-state index in [0.29, 0.717) is 0 Å². The van der Waals surface area contributed by atoms with Crippen LogP contribution < -0.4 is 11.1 Å². The van der Waals surface area contributed by atoms with E-state index in [0.717, 1.165) is 18.2 Å². The second kappa shape index (κ2) is 8.79. The van der Waals surface area contributed by atoms with E-state index in [9.17, 15) is 13.6 Å². The van der Waals surface area contributed by atoms with Gasteiger partial charge in [-0.25, -0.2) is 8.78 Å². The van der Waals surface area contributed by atoms with Crippen LogP contribution in [0.15, 0.2) is 18.2 Å². The van der Waals surface area contributed by atoms with Crippen molar-refractivity contribution in [1.29, 1.82) is 0 Å². The molecule has 1 aromatic rings. The van der Waals surface area contributed by atoms with Gasteiger partial charge in [0.25, 0.3) is 0 Å². The summed E-state index contributed by atoms with van der Waals surface area (Å²) in [5, 5.41) is 2.53. The zero-order chi connectivity index (χ0) is 13.5. The molecule has 0 bridgehead atoms. The number of hydrogen-bond acceptors (Lipinski definition) is 3. The maximum Gasteiger partial charge on any atom is 0.239 e. The van der Waals surface area contributed by atoms with Crippen LogP contribution in [0.5, 0.6) is 0 Å². The minimum absolute atomic E-state index is 0. The highest BCUT2D eigenvalue weighted by Gasteiger charge is 2.12. The predicted molar refractivity (Wildman–Crippen MR) is 70.2 cm³/mol. The monoisotopic (exact) mass is 294 g/mol. The molecule has 0 aromatic heterocycles. The molecule has 1 amide bonds. The second-order valence-corrected chi connectivity index (χ2v) is 3.84. The maximum absolute atomic E-state index is 13.2. The number of benzene rings is 1. The Morgan fingerprint density at radius 2 is 2.16 bits per heavy atom. The van der Waals surface area contributed by atoms with Crippen molar-refractivity contribution in [2.75, 3.05) is 20.3 Å². The molecule has 0 aliphatic carbocycles. The van der Waals surface area contributed by atoms with Crippen LogP contribution in [0.2, 0.25) is 0 Å². The number of nitrogens with two attached hydrogens (primary N) is 1. The fourth-order valence-corrected chi connectivity index (χ4v) is 1.44. The van der Waals surface area contributed by atoms with E-state index in [1.807, 2.05) is 0 Å². The molecule has 3 N–H and O–H groups in total. The van der Waals surface area contributed by atoms with Crippen LogP contribution in [-0.2, 0) is 16.0 Å². The SMILES string of the molecule is COCC(N)C(=O)NCCc1cc(F)ccc1F.Cl. The average molecular weight is 295 g/mol. The highest BCUT2D eigenvalue weighted by atomic mass is 35.5. The lowest BCUT2D eigenvalue weighted by Crippen LogP contribution is -2.44. The Morgan fingerprint density at radius 3 is 2.79 bits per heavy atom. The summed E-state index contributed by atoms with van der Waals surface area (Å²) in [5.74, 6) is -1.38. The van der Waals surface area contributed by atoms with E-state index in [1.54, 1.807) is 0 Å². The number of nitrogens with one attached hydrogen (secondary N) is 1. The van der Waals surface area contributed by atoms with Gasteiger partial charge in [0.1, 0.15) is 17.7 Å². The fourth-order valence-electron chi connectivity index (χ4n) is 1.44. The van der Waals surface area contributed by atoms with E-state index in [4.69, 9.17) is 10.5 Å². The van der Waals surface area contributed by atoms with Crippen molar-refractivity contribution in [3.63, 3.8) is 0 Å². The van der Waals surface area contributed by atoms with E-state index in [-0.39, 0.29) is 43.5 Å². The topological polar surface area (TPSA) is 64.3 Å². The minimum atomic E-state index is -0.757. The van der Waals surface area contributed by atoms with Crippen LogP contribution >= 0.6 is 12.4 Å². The first-order chi connectivity index (χ1) is 8.54. The van der Waals surface area contributed by atoms with Gasteiger partial charge in [-0.2, -0.15) is 0 Å². The van der Waals surface area contributed by atoms with Crippen molar-refractivity contribution in [2.24, 2.45) is 5.73 Å². The molecule has 108 valence electrons. The number of amides is 1. The molecule has 4 nitrogen and oxygen atoms in total. The molecule has 0 radical (unpaired) electrons. The zero-order valence-corrected chi connectivity index (χ0v) is 11.3. The van der Waals surface area contributed by atoms with Crippen LogP contribution in [-0.4, -0.2) is 32.2 Å². The third-order valence-corrected chi connectivity index (χ3v) is 2.38. The molecule has 0 saturated carbocycles. The average Bonchev–Trinajstić information content (AvgIpc) is 2.33. The third kappa shape index (κ3) is 5.96. The predicted octanol–water partition coefficient (Wildman–Crippen LogP) is 1.02. The van der Waals surface area contributed by atoms with Gasteiger partial charge in [0.2, 0.25) is 5.91 Å². The summed E-state index contributed by atoms with van der Waals surface area (Å²) < 4.78 is 30.8. The molecule has 1 rings (SSSR count). The summed E-state index contributed by atoms with van der Waals surface area (Å²) in [7, 11) is 1.44. The van der Waals surface area contributed by atoms with E-state index in [2.05, 4.69) is 5.32 Å². The molecular weight excluding hydrogens is 278 g/mol. The molecule has 1 atom stereocenters. The van der Waals surface area contributed by atoms with E-state index in [1.165, 1.54) is 7.11 Å². The maximum atomic E-state index is 13.2. The Labute approximate surface area is 116 Å². The molecule has 1 unspecified atom stereocenters. The molecule has 0 spiro atoms. The summed E-state index contributed by atoms with van der Waals surface area (Å²) in [4.78, 5) is 11.4. The number of halogens is 3. The standard InChI is InChI=1S/C12H16F2N2O2.ClH/c1-18-7-11(15)12(17)16-5-4-8-6-9(13)2-3-10(8)14;/h2-3,6,11H,4-5,7,15H2,1H3,(H,16,17);1H. The number of carbonyl (C=O) groups excluding carboxylic acids is 1. The lowest BCUT2D eigenvalue weighted by atomic mass is 10.1. The molecule has 0 aliphatic heterocycles. The zero-order valence-electron chi connectivity index (χ0n) is 10.5. The minimum Gasteiger partial charge on any atom is -0.383 e. The molecule has 0 aliphatic rings. The molecule has 0 saturated heterocycles. The summed E-state index contributed by atoms with van der Waals surface area (Å²) >= 11 is 0. The van der Waals surface area contributed by atoms with Crippen molar-refractivity contribution in [2.45, 2.75) is 12.5 Å². The van der Waals surface area contributed by atoms with Crippen molar-refractivity contribution in [3.05, 3.63) is 35.4 Å². The number of rotatable bonds is 6. The molecule has 19 heavy (non-hydrogen) atoms. The van der Waals surface area contributed by atoms with Crippen LogP contribution in [0.1, 0.15) is 5.56 Å². The third-order valence-electron chi connectivity index (χ3n) is 2.38. The Balaban J connectivity index is 0.00000324. The van der Waals surface area contributed by atoms with Gasteiger partial charge in [-0.05, 0) is 30.2 Å². The molecular formula is C12H17ClF2N2O2. The summed E-state index contributed by atoms with van der Waals surface area (Å²) in [5.41, 5.74) is 5.71. The lowest BCUT2D eigenvalue weighted by Gasteiger charge is -2.11. The Morgan fingerprint density at radius 1 is 1.47 bits per heavy atom. The first kappa shape index (κ1) is 17.8. The number of ether oxygens (including phenoxy) is 1. The highest BCUT2D eigenvalue weighted by molar-refractivity contribution is 5.85. The largest absolute Gasteiger partial charge is 0.383 e. The Hall–Kier alpha value is -1.24. The van der Waals surface area contributed by atoms with Crippen LogP contribution in [0.4, 0.5) is 8.78 Å². The highest BCUT2D eigenvalue weighted by Crippen LogP contribution is 2.09. The van der Waals surface area contributed by atoms with Crippen molar-refractivity contribution in [1.82, 2.24) is 5.32 Å². The van der Waals surface area contributed by atoms with Gasteiger partial charge in [0, 0.05) is 13.7 Å². The van der Waals surface area contributed by atoms with E-state index < -0.39 is 17.7 Å². The van der Waals surface area contributed by atoms with Gasteiger partial charge in [-0.1, -0.05) is 0 Å². The first-order valence-corrected chi connectivity index (χ1v) is 5.50. The van der Waals surface area contributed by atoms with Crippen LogP contribution in [0, 0.1) is 11.6 Å². The van der Waals surface area contributed by atoms with Gasteiger partial charge in [0.05, 0.1) is 6.61 Å². The molecule has 7 heteroatoms. The van der Waals surface area contributed by atoms with Crippen LogP contribution in [0.25, 0.3) is 0 Å². The fraction of sp³-hybridized carbons (Fsp3) is 0.417. The number of hydrogen-bond donors (Lipinski definition) is 2. The van der Waals surface area contributed by atoms with Crippen molar-refractivity contribution >= 4 is 18.3 Å². The second-order valence-electron chi connectivity index (χ2n) is 3.84. The van der Waals surface area contributed by atoms with Crippen molar-refractivity contribution < 1.29 is 18.3 Å². The van der Waals surface area contributed by atoms with Gasteiger partial charge in [-0.15, -0.1) is 12.4 Å². The van der Waals surface area contributed by atoms with E-state index >= 15 is 0 Å². The van der Waals surface area contributed by atoms with Crippen molar-refractivity contribution in [3.8, 4) is 0 Å². The Kier molecular flexibility index (Phi) is 8.22. The smallest absolute Gasteiger partial charge is 0.239 e. The first-order valence-electron chi connectivity index (χ1n) is 5.50. The Bertz CT molecular complexity index is 419. The quantitative estimate of drug-likeness (QED) is 0.823. The molecule has 1 aromatic carbocycles. The van der Waals surface area contributed by atoms with Gasteiger partial charge >= 0.3 is 0 Å². The normalized spacial score (nSPS) is 11.6. The summed E-state index contributed by atoms with van der Waals surface area (Å²) in [6, 6.07) is 2.46. The number of methoxy groups -OCH3 is 1.